The lowest BCUT2D eigenvalue weighted by Crippen LogP contribution is -2.37. The van der Waals surface area contributed by atoms with E-state index in [-0.39, 0.29) is 28.9 Å². The highest BCUT2D eigenvalue weighted by Gasteiger charge is 2.25. The van der Waals surface area contributed by atoms with Crippen LogP contribution in [0.3, 0.4) is 0 Å². The van der Waals surface area contributed by atoms with Crippen molar-refractivity contribution in [1.29, 1.82) is 0 Å². The summed E-state index contributed by atoms with van der Waals surface area (Å²) in [5.41, 5.74) is 3.98. The predicted molar refractivity (Wildman–Crippen MR) is 121 cm³/mol. The Hall–Kier alpha value is -3.72. The Bertz CT molecular complexity index is 1220. The summed E-state index contributed by atoms with van der Waals surface area (Å²) < 4.78 is 29.5. The molecular formula is C25H26FN3O5. The summed E-state index contributed by atoms with van der Waals surface area (Å²) in [5.74, 6) is -0.279. The number of ether oxygens (including phenoxy) is 2. The number of nitrogens with zero attached hydrogens (tertiary/aromatic N) is 2. The maximum Gasteiger partial charge on any atom is 0.287 e. The number of furan rings is 1. The fraction of sp³-hybridized carbons (Fsp3) is 0.320. The van der Waals surface area contributed by atoms with Crippen LogP contribution in [-0.4, -0.2) is 42.5 Å². The summed E-state index contributed by atoms with van der Waals surface area (Å²) >= 11 is 0. The van der Waals surface area contributed by atoms with E-state index in [2.05, 4.69) is 10.3 Å². The minimum Gasteiger partial charge on any atom is -0.494 e. The van der Waals surface area contributed by atoms with Crippen molar-refractivity contribution < 1.29 is 27.9 Å². The van der Waals surface area contributed by atoms with Gasteiger partial charge in [0, 0.05) is 44.2 Å². The number of aryl methyl sites for hydroxylation is 1. The Kier molecular flexibility index (Phi) is 6.93. The molecule has 1 aliphatic rings. The van der Waals surface area contributed by atoms with E-state index in [1.54, 1.807) is 36.4 Å². The summed E-state index contributed by atoms with van der Waals surface area (Å²) in [4.78, 5) is 31.6. The van der Waals surface area contributed by atoms with Crippen LogP contribution in [0.15, 0.2) is 40.9 Å². The minimum atomic E-state index is -0.577. The van der Waals surface area contributed by atoms with Gasteiger partial charge < -0.3 is 24.1 Å². The molecule has 1 aromatic carbocycles. The molecule has 0 bridgehead atoms. The average molecular weight is 467 g/mol. The smallest absolute Gasteiger partial charge is 0.287 e. The monoisotopic (exact) mass is 467 g/mol. The van der Waals surface area contributed by atoms with Crippen LogP contribution < -0.4 is 10.1 Å². The maximum atomic E-state index is 14.1. The first-order valence-corrected chi connectivity index (χ1v) is 10.9. The number of nitrogens with one attached hydrogen (secondary N) is 1. The van der Waals surface area contributed by atoms with E-state index in [0.717, 1.165) is 22.4 Å². The zero-order chi connectivity index (χ0) is 24.2. The first-order chi connectivity index (χ1) is 16.4. The largest absolute Gasteiger partial charge is 0.494 e. The van der Waals surface area contributed by atoms with Crippen molar-refractivity contribution in [3.05, 3.63) is 81.8 Å². The Labute approximate surface area is 196 Å². The third-order valence-corrected chi connectivity index (χ3v) is 5.88. The van der Waals surface area contributed by atoms with Gasteiger partial charge in [0.2, 0.25) is 0 Å². The molecule has 0 unspecified atom stereocenters. The Morgan fingerprint density at radius 3 is 2.79 bits per heavy atom. The molecule has 34 heavy (non-hydrogen) atoms. The molecule has 4 rings (SSSR count). The summed E-state index contributed by atoms with van der Waals surface area (Å²) in [6.07, 6.45) is 2.36. The third-order valence-electron chi connectivity index (χ3n) is 5.88. The number of amides is 2. The number of rotatable bonds is 7. The molecule has 0 saturated carbocycles. The summed E-state index contributed by atoms with van der Waals surface area (Å²) in [6, 6.07) is 7.51. The van der Waals surface area contributed by atoms with Gasteiger partial charge in [0.15, 0.2) is 17.3 Å². The number of aromatic nitrogens is 1. The van der Waals surface area contributed by atoms with Gasteiger partial charge in [0.05, 0.1) is 7.11 Å². The van der Waals surface area contributed by atoms with Crippen LogP contribution in [0.1, 0.15) is 49.1 Å². The fourth-order valence-electron chi connectivity index (χ4n) is 4.09. The molecule has 1 N–H and O–H groups in total. The van der Waals surface area contributed by atoms with E-state index in [1.807, 2.05) is 6.92 Å². The number of benzene rings is 1. The van der Waals surface area contributed by atoms with Gasteiger partial charge in [-0.3, -0.25) is 14.6 Å². The van der Waals surface area contributed by atoms with Crippen molar-refractivity contribution >= 4 is 11.8 Å². The van der Waals surface area contributed by atoms with Crippen molar-refractivity contribution in [1.82, 2.24) is 15.2 Å². The van der Waals surface area contributed by atoms with E-state index >= 15 is 0 Å². The standard InChI is InChI=1S/C25H26FN3O5/c1-15-20(12-28-24(30)23-7-5-18(34-23)14-32-2)19-8-9-29(13-17(19)11-27-15)25(31)16-4-6-22(33-3)21(26)10-16/h4-7,10-11H,8-9,12-14H2,1-3H3,(H,28,30). The second-order valence-electron chi connectivity index (χ2n) is 8.03. The molecule has 0 aliphatic carbocycles. The van der Waals surface area contributed by atoms with Crippen LogP contribution in [0.2, 0.25) is 0 Å². The van der Waals surface area contributed by atoms with E-state index in [9.17, 15) is 14.0 Å². The molecule has 178 valence electrons. The molecule has 0 radical (unpaired) electrons. The van der Waals surface area contributed by atoms with Crippen molar-refractivity contribution in [3.63, 3.8) is 0 Å². The number of carbonyl (C=O) groups is 2. The lowest BCUT2D eigenvalue weighted by atomic mass is 9.94. The van der Waals surface area contributed by atoms with Gasteiger partial charge in [-0.25, -0.2) is 4.39 Å². The molecule has 0 saturated heterocycles. The topological polar surface area (TPSA) is 93.9 Å². The first-order valence-electron chi connectivity index (χ1n) is 10.9. The summed E-state index contributed by atoms with van der Waals surface area (Å²) in [5, 5.41) is 2.89. The highest BCUT2D eigenvalue weighted by atomic mass is 19.1. The van der Waals surface area contributed by atoms with E-state index in [4.69, 9.17) is 13.9 Å². The summed E-state index contributed by atoms with van der Waals surface area (Å²) in [6.45, 7) is 3.31. The highest BCUT2D eigenvalue weighted by molar-refractivity contribution is 5.94. The molecule has 0 atom stereocenters. The third kappa shape index (κ3) is 4.79. The molecule has 0 fully saturated rings. The van der Waals surface area contributed by atoms with Crippen molar-refractivity contribution in [2.45, 2.75) is 33.0 Å². The lowest BCUT2D eigenvalue weighted by molar-refractivity contribution is 0.0733. The van der Waals surface area contributed by atoms with Gasteiger partial charge in [-0.1, -0.05) is 0 Å². The molecule has 3 heterocycles. The van der Waals surface area contributed by atoms with Gasteiger partial charge in [0.25, 0.3) is 11.8 Å². The van der Waals surface area contributed by atoms with Crippen LogP contribution in [0.5, 0.6) is 5.75 Å². The predicted octanol–water partition coefficient (Wildman–Crippen LogP) is 3.41. The zero-order valence-corrected chi connectivity index (χ0v) is 19.3. The van der Waals surface area contributed by atoms with Gasteiger partial charge in [-0.05, 0) is 60.4 Å². The quantitative estimate of drug-likeness (QED) is 0.573. The number of methoxy groups -OCH3 is 2. The molecule has 8 nitrogen and oxygen atoms in total. The molecule has 0 spiro atoms. The highest BCUT2D eigenvalue weighted by Crippen LogP contribution is 2.26. The second-order valence-corrected chi connectivity index (χ2v) is 8.03. The van der Waals surface area contributed by atoms with E-state index in [0.29, 0.717) is 38.4 Å². The number of carbonyl (C=O) groups excluding carboxylic acids is 2. The van der Waals surface area contributed by atoms with Crippen LogP contribution in [0, 0.1) is 12.7 Å². The molecule has 2 amide bonds. The molecule has 2 aromatic heterocycles. The molecular weight excluding hydrogens is 441 g/mol. The Morgan fingerprint density at radius 2 is 2.06 bits per heavy atom. The molecule has 9 heteroatoms. The van der Waals surface area contributed by atoms with E-state index in [1.165, 1.54) is 19.2 Å². The van der Waals surface area contributed by atoms with Crippen LogP contribution in [-0.2, 0) is 30.9 Å². The zero-order valence-electron chi connectivity index (χ0n) is 19.3. The SMILES string of the molecule is COCc1ccc(C(=O)NCc2c(C)ncc3c2CCN(C(=O)c2ccc(OC)c(F)c2)C3)o1. The minimum absolute atomic E-state index is 0.0939. The first kappa shape index (κ1) is 23.4. The number of hydrogen-bond acceptors (Lipinski definition) is 6. The maximum absolute atomic E-state index is 14.1. The van der Waals surface area contributed by atoms with Crippen molar-refractivity contribution in [2.75, 3.05) is 20.8 Å². The Morgan fingerprint density at radius 1 is 1.24 bits per heavy atom. The van der Waals surface area contributed by atoms with Crippen LogP contribution in [0.4, 0.5) is 4.39 Å². The van der Waals surface area contributed by atoms with Gasteiger partial charge in [-0.15, -0.1) is 0 Å². The normalized spacial score (nSPS) is 12.9. The van der Waals surface area contributed by atoms with Crippen LogP contribution >= 0.6 is 0 Å². The number of hydrogen-bond donors (Lipinski definition) is 1. The fourth-order valence-corrected chi connectivity index (χ4v) is 4.09. The van der Waals surface area contributed by atoms with Crippen LogP contribution in [0.25, 0.3) is 0 Å². The van der Waals surface area contributed by atoms with Gasteiger partial charge >= 0.3 is 0 Å². The molecule has 3 aromatic rings. The van der Waals surface area contributed by atoms with Gasteiger partial charge in [-0.2, -0.15) is 0 Å². The Balaban J connectivity index is 1.47. The van der Waals surface area contributed by atoms with Crippen molar-refractivity contribution in [2.24, 2.45) is 0 Å². The molecule has 1 aliphatic heterocycles. The number of halogens is 1. The van der Waals surface area contributed by atoms with E-state index < -0.39 is 5.82 Å². The van der Waals surface area contributed by atoms with Gasteiger partial charge in [0.1, 0.15) is 12.4 Å². The summed E-state index contributed by atoms with van der Waals surface area (Å²) in [7, 11) is 2.93. The average Bonchev–Trinajstić information content (AvgIpc) is 3.31. The number of pyridine rings is 1. The lowest BCUT2D eigenvalue weighted by Gasteiger charge is -2.30. The number of fused-ring (bicyclic) bond motifs is 1. The van der Waals surface area contributed by atoms with Crippen molar-refractivity contribution in [3.8, 4) is 5.75 Å². The second kappa shape index (κ2) is 10.0.